The number of carbonyl (C=O) groups excluding carboxylic acids is 1. The van der Waals surface area contributed by atoms with Crippen LogP contribution >= 0.6 is 0 Å². The second-order valence-electron chi connectivity index (χ2n) is 5.60. The number of carbonyl (C=O) groups is 2. The maximum atomic E-state index is 12.0. The summed E-state index contributed by atoms with van der Waals surface area (Å²) in [5, 5.41) is 12.2. The van der Waals surface area contributed by atoms with Crippen molar-refractivity contribution in [2.45, 2.75) is 63.5 Å². The van der Waals surface area contributed by atoms with Crippen molar-refractivity contribution in [3.8, 4) is 0 Å². The van der Waals surface area contributed by atoms with Crippen LogP contribution in [0, 0.1) is 5.92 Å². The molecular weight excluding hydrogens is 246 g/mol. The van der Waals surface area contributed by atoms with Crippen LogP contribution in [0.2, 0.25) is 0 Å². The largest absolute Gasteiger partial charge is 0.481 e. The van der Waals surface area contributed by atoms with E-state index in [1.54, 1.807) is 0 Å². The number of carboxylic acids is 1. The van der Waals surface area contributed by atoms with Crippen LogP contribution in [0.4, 0.5) is 0 Å². The number of carboxylic acid groups (broad SMARTS) is 1. The summed E-state index contributed by atoms with van der Waals surface area (Å²) in [4.78, 5) is 23.2. The lowest BCUT2D eigenvalue weighted by Crippen LogP contribution is -2.43. The van der Waals surface area contributed by atoms with Crippen molar-refractivity contribution < 1.29 is 19.4 Å². The summed E-state index contributed by atoms with van der Waals surface area (Å²) in [6.07, 6.45) is 6.76. The van der Waals surface area contributed by atoms with E-state index >= 15 is 0 Å². The maximum Gasteiger partial charge on any atom is 0.308 e. The quantitative estimate of drug-likeness (QED) is 0.762. The van der Waals surface area contributed by atoms with Gasteiger partial charge in [0.1, 0.15) is 0 Å². The van der Waals surface area contributed by atoms with E-state index in [-0.39, 0.29) is 18.1 Å². The Morgan fingerprint density at radius 3 is 2.58 bits per heavy atom. The highest BCUT2D eigenvalue weighted by atomic mass is 16.5. The molecule has 2 N–H and O–H groups in total. The van der Waals surface area contributed by atoms with E-state index < -0.39 is 11.9 Å². The summed E-state index contributed by atoms with van der Waals surface area (Å²) in [6, 6.07) is -0.214. The van der Waals surface area contributed by atoms with Gasteiger partial charge in [0, 0.05) is 12.6 Å². The molecular formula is C14H23NO4. The second-order valence-corrected chi connectivity index (χ2v) is 5.60. The topological polar surface area (TPSA) is 75.6 Å². The summed E-state index contributed by atoms with van der Waals surface area (Å²) in [5.41, 5.74) is 0. The average Bonchev–Trinajstić information content (AvgIpc) is 2.73. The first-order chi connectivity index (χ1) is 9.16. The van der Waals surface area contributed by atoms with E-state index in [2.05, 4.69) is 5.32 Å². The molecule has 1 saturated heterocycles. The first-order valence-electron chi connectivity index (χ1n) is 7.30. The van der Waals surface area contributed by atoms with Crippen molar-refractivity contribution in [1.29, 1.82) is 0 Å². The van der Waals surface area contributed by atoms with Crippen LogP contribution in [0.1, 0.15) is 51.4 Å². The summed E-state index contributed by atoms with van der Waals surface area (Å²) in [5.74, 6) is -1.29. The third-order valence-corrected chi connectivity index (χ3v) is 4.12. The van der Waals surface area contributed by atoms with Gasteiger partial charge in [-0.05, 0) is 25.7 Å². The van der Waals surface area contributed by atoms with Crippen molar-refractivity contribution in [2.24, 2.45) is 5.92 Å². The minimum absolute atomic E-state index is 0.0223. The summed E-state index contributed by atoms with van der Waals surface area (Å²) in [7, 11) is 0. The Bertz CT molecular complexity index is 325. The predicted molar refractivity (Wildman–Crippen MR) is 69.7 cm³/mol. The molecule has 0 radical (unpaired) electrons. The van der Waals surface area contributed by atoms with E-state index in [4.69, 9.17) is 4.74 Å². The molecule has 1 aliphatic carbocycles. The number of hydrogen-bond acceptors (Lipinski definition) is 3. The van der Waals surface area contributed by atoms with Crippen LogP contribution in [-0.2, 0) is 14.3 Å². The molecule has 0 spiro atoms. The van der Waals surface area contributed by atoms with Crippen LogP contribution in [0.5, 0.6) is 0 Å². The second kappa shape index (κ2) is 6.89. The number of nitrogens with one attached hydrogen (secondary N) is 1. The number of rotatable bonds is 4. The number of aliphatic carboxylic acids is 1. The summed E-state index contributed by atoms with van der Waals surface area (Å²) >= 11 is 0. The Hall–Kier alpha value is -1.10. The fraction of sp³-hybridized carbons (Fsp3) is 0.857. The van der Waals surface area contributed by atoms with Gasteiger partial charge in [0.2, 0.25) is 5.91 Å². The van der Waals surface area contributed by atoms with Crippen molar-refractivity contribution in [1.82, 2.24) is 5.32 Å². The zero-order valence-electron chi connectivity index (χ0n) is 11.3. The molecule has 2 fully saturated rings. The smallest absolute Gasteiger partial charge is 0.308 e. The Balaban J connectivity index is 1.86. The van der Waals surface area contributed by atoms with Crippen LogP contribution < -0.4 is 5.32 Å². The molecule has 1 saturated carbocycles. The lowest BCUT2D eigenvalue weighted by Gasteiger charge is -2.23. The molecule has 2 aliphatic rings. The maximum absolute atomic E-state index is 12.0. The number of ether oxygens (including phenoxy) is 1. The zero-order valence-corrected chi connectivity index (χ0v) is 11.3. The highest BCUT2D eigenvalue weighted by molar-refractivity contribution is 5.78. The molecule has 0 aromatic rings. The molecule has 0 aromatic carbocycles. The monoisotopic (exact) mass is 269 g/mol. The lowest BCUT2D eigenvalue weighted by molar-refractivity contribution is -0.143. The van der Waals surface area contributed by atoms with Crippen LogP contribution in [0.15, 0.2) is 0 Å². The van der Waals surface area contributed by atoms with E-state index in [0.29, 0.717) is 12.8 Å². The van der Waals surface area contributed by atoms with Gasteiger partial charge in [-0.1, -0.05) is 19.3 Å². The fourth-order valence-electron chi connectivity index (χ4n) is 3.05. The van der Waals surface area contributed by atoms with Gasteiger partial charge in [0.15, 0.2) is 0 Å². The summed E-state index contributed by atoms with van der Waals surface area (Å²) in [6.45, 7) is 0.735. The van der Waals surface area contributed by atoms with Crippen molar-refractivity contribution in [3.63, 3.8) is 0 Å². The van der Waals surface area contributed by atoms with Gasteiger partial charge >= 0.3 is 5.97 Å². The molecule has 19 heavy (non-hydrogen) atoms. The minimum atomic E-state index is -0.788. The van der Waals surface area contributed by atoms with Gasteiger partial charge in [-0.3, -0.25) is 9.59 Å². The highest BCUT2D eigenvalue weighted by Crippen LogP contribution is 2.24. The predicted octanol–water partition coefficient (Wildman–Crippen LogP) is 1.71. The Labute approximate surface area is 113 Å². The van der Waals surface area contributed by atoms with Gasteiger partial charge in [-0.15, -0.1) is 0 Å². The standard InChI is InChI=1S/C14H23NO4/c16-13(9-10-5-4-8-19-10)15-12-7-3-1-2-6-11(12)14(17)18/h10-12H,1-9H2,(H,15,16)(H,17,18)/t10?,11-,12+/m1/s1. The van der Waals surface area contributed by atoms with Gasteiger partial charge < -0.3 is 15.2 Å². The lowest BCUT2D eigenvalue weighted by atomic mass is 9.94. The van der Waals surface area contributed by atoms with Crippen molar-refractivity contribution in [3.05, 3.63) is 0 Å². The molecule has 5 heteroatoms. The Kier molecular flexibility index (Phi) is 5.19. The zero-order chi connectivity index (χ0) is 13.7. The normalized spacial score (nSPS) is 31.7. The number of amides is 1. The first-order valence-corrected chi connectivity index (χ1v) is 7.30. The van der Waals surface area contributed by atoms with E-state index in [0.717, 1.165) is 45.1 Å². The third kappa shape index (κ3) is 4.20. The molecule has 2 rings (SSSR count). The van der Waals surface area contributed by atoms with Gasteiger partial charge in [-0.2, -0.15) is 0 Å². The van der Waals surface area contributed by atoms with Gasteiger partial charge in [-0.25, -0.2) is 0 Å². The van der Waals surface area contributed by atoms with E-state index in [1.807, 2.05) is 0 Å². The van der Waals surface area contributed by atoms with E-state index in [1.165, 1.54) is 0 Å². The molecule has 108 valence electrons. The molecule has 0 aromatic heterocycles. The Morgan fingerprint density at radius 1 is 1.11 bits per heavy atom. The average molecular weight is 269 g/mol. The SMILES string of the molecule is O=C(CC1CCCO1)N[C@H]1CCCCC[C@H]1C(=O)O. The molecule has 1 heterocycles. The third-order valence-electron chi connectivity index (χ3n) is 4.12. The van der Waals surface area contributed by atoms with Gasteiger partial charge in [0.05, 0.1) is 18.4 Å². The number of hydrogen-bond donors (Lipinski definition) is 2. The van der Waals surface area contributed by atoms with Crippen molar-refractivity contribution >= 4 is 11.9 Å². The summed E-state index contributed by atoms with van der Waals surface area (Å²) < 4.78 is 5.43. The van der Waals surface area contributed by atoms with Crippen LogP contribution in [-0.4, -0.2) is 35.7 Å². The molecule has 5 nitrogen and oxygen atoms in total. The molecule has 0 bridgehead atoms. The van der Waals surface area contributed by atoms with Crippen LogP contribution in [0.25, 0.3) is 0 Å². The molecule has 1 amide bonds. The van der Waals surface area contributed by atoms with E-state index in [9.17, 15) is 14.7 Å². The van der Waals surface area contributed by atoms with Crippen LogP contribution in [0.3, 0.4) is 0 Å². The first kappa shape index (κ1) is 14.3. The Morgan fingerprint density at radius 2 is 1.89 bits per heavy atom. The van der Waals surface area contributed by atoms with Gasteiger partial charge in [0.25, 0.3) is 0 Å². The molecule has 1 unspecified atom stereocenters. The fourth-order valence-corrected chi connectivity index (χ4v) is 3.05. The molecule has 1 aliphatic heterocycles. The van der Waals surface area contributed by atoms with Crippen molar-refractivity contribution in [2.75, 3.05) is 6.61 Å². The minimum Gasteiger partial charge on any atom is -0.481 e. The highest BCUT2D eigenvalue weighted by Gasteiger charge is 2.31. The molecule has 3 atom stereocenters.